The van der Waals surface area contributed by atoms with Crippen molar-refractivity contribution in [1.82, 2.24) is 10.2 Å². The molecule has 1 aliphatic heterocycles. The summed E-state index contributed by atoms with van der Waals surface area (Å²) in [5.41, 5.74) is 8.14. The van der Waals surface area contributed by atoms with Crippen LogP contribution in [-0.2, 0) is 4.79 Å². The van der Waals surface area contributed by atoms with E-state index >= 15 is 0 Å². The smallest absolute Gasteiger partial charge is 0.255 e. The first-order chi connectivity index (χ1) is 13.5. The van der Waals surface area contributed by atoms with Gasteiger partial charge in [0.1, 0.15) is 0 Å². The van der Waals surface area contributed by atoms with Gasteiger partial charge < -0.3 is 16.0 Å². The van der Waals surface area contributed by atoms with Crippen LogP contribution in [0.2, 0.25) is 0 Å². The number of hydrogen-bond donors (Lipinski definition) is 2. The van der Waals surface area contributed by atoms with Crippen molar-refractivity contribution in [2.24, 2.45) is 5.73 Å². The monoisotopic (exact) mass is 397 g/mol. The summed E-state index contributed by atoms with van der Waals surface area (Å²) in [5.74, 6) is 0.367. The predicted molar refractivity (Wildman–Crippen MR) is 114 cm³/mol. The molecule has 2 amide bonds. The molecular formula is C22H27N3O2S. The topological polar surface area (TPSA) is 75.4 Å². The molecule has 148 valence electrons. The van der Waals surface area contributed by atoms with Gasteiger partial charge in [0.25, 0.3) is 5.91 Å². The number of nitrogens with two attached hydrogens (primary N) is 1. The van der Waals surface area contributed by atoms with Crippen molar-refractivity contribution < 1.29 is 9.59 Å². The first-order valence-corrected chi connectivity index (χ1v) is 10.5. The largest absolute Gasteiger partial charge is 0.353 e. The predicted octanol–water partition coefficient (Wildman–Crippen LogP) is 2.87. The molecule has 28 heavy (non-hydrogen) atoms. The van der Waals surface area contributed by atoms with Crippen LogP contribution in [0.15, 0.2) is 59.5 Å². The van der Waals surface area contributed by atoms with E-state index in [1.807, 2.05) is 61.2 Å². The second kappa shape index (κ2) is 9.26. The van der Waals surface area contributed by atoms with Gasteiger partial charge >= 0.3 is 0 Å². The third-order valence-corrected chi connectivity index (χ3v) is 5.88. The lowest BCUT2D eigenvalue weighted by Gasteiger charge is -2.18. The Morgan fingerprint density at radius 3 is 2.50 bits per heavy atom. The van der Waals surface area contributed by atoms with Crippen molar-refractivity contribution >= 4 is 23.6 Å². The van der Waals surface area contributed by atoms with Crippen LogP contribution in [0.3, 0.4) is 0 Å². The summed E-state index contributed by atoms with van der Waals surface area (Å²) in [6.45, 7) is 5.00. The number of carbonyl (C=O) groups is 2. The summed E-state index contributed by atoms with van der Waals surface area (Å²) < 4.78 is 0. The zero-order valence-corrected chi connectivity index (χ0v) is 17.1. The minimum Gasteiger partial charge on any atom is -0.353 e. The molecule has 2 aromatic rings. The van der Waals surface area contributed by atoms with Crippen molar-refractivity contribution in [1.29, 1.82) is 0 Å². The first kappa shape index (κ1) is 20.4. The second-order valence-electron chi connectivity index (χ2n) is 7.40. The quantitative estimate of drug-likeness (QED) is 0.735. The molecule has 3 rings (SSSR count). The van der Waals surface area contributed by atoms with Gasteiger partial charge in [-0.05, 0) is 31.5 Å². The van der Waals surface area contributed by atoms with Gasteiger partial charge in [0.15, 0.2) is 0 Å². The Morgan fingerprint density at radius 1 is 1.11 bits per heavy atom. The highest BCUT2D eigenvalue weighted by molar-refractivity contribution is 8.00. The lowest BCUT2D eigenvalue weighted by Crippen LogP contribution is -2.33. The third kappa shape index (κ3) is 4.94. The van der Waals surface area contributed by atoms with E-state index in [1.165, 1.54) is 17.3 Å². The fraction of sp³-hybridized carbons (Fsp3) is 0.364. The summed E-state index contributed by atoms with van der Waals surface area (Å²) in [4.78, 5) is 27.8. The molecule has 6 heteroatoms. The summed E-state index contributed by atoms with van der Waals surface area (Å²) in [6, 6.07) is 17.6. The average Bonchev–Trinajstić information content (AvgIpc) is 3.08. The number of benzene rings is 2. The molecule has 2 aromatic carbocycles. The van der Waals surface area contributed by atoms with Crippen LogP contribution in [0.4, 0.5) is 0 Å². The molecule has 0 saturated carbocycles. The average molecular weight is 398 g/mol. The lowest BCUT2D eigenvalue weighted by atomic mass is 9.95. The number of rotatable bonds is 6. The lowest BCUT2D eigenvalue weighted by molar-refractivity contribution is -0.119. The highest BCUT2D eigenvalue weighted by Crippen LogP contribution is 2.30. The van der Waals surface area contributed by atoms with Gasteiger partial charge in [0, 0.05) is 36.0 Å². The minimum atomic E-state index is -0.0806. The summed E-state index contributed by atoms with van der Waals surface area (Å²) in [7, 11) is 0. The van der Waals surface area contributed by atoms with E-state index in [0.29, 0.717) is 18.7 Å². The van der Waals surface area contributed by atoms with Gasteiger partial charge in [-0.3, -0.25) is 9.59 Å². The molecule has 5 nitrogen and oxygen atoms in total. The van der Waals surface area contributed by atoms with Crippen LogP contribution >= 0.6 is 11.8 Å². The minimum absolute atomic E-state index is 0.0266. The molecule has 0 aromatic heterocycles. The number of hydrogen-bond acceptors (Lipinski definition) is 4. The van der Waals surface area contributed by atoms with Crippen molar-refractivity contribution in [3.05, 3.63) is 65.7 Å². The van der Waals surface area contributed by atoms with Crippen LogP contribution in [0.25, 0.3) is 0 Å². The van der Waals surface area contributed by atoms with Crippen LogP contribution < -0.4 is 11.1 Å². The zero-order valence-electron chi connectivity index (χ0n) is 16.3. The Balaban J connectivity index is 1.70. The molecule has 1 aliphatic rings. The van der Waals surface area contributed by atoms with Gasteiger partial charge in [0.05, 0.1) is 11.3 Å². The zero-order chi connectivity index (χ0) is 20.1. The second-order valence-corrected chi connectivity index (χ2v) is 8.42. The van der Waals surface area contributed by atoms with Crippen molar-refractivity contribution in [2.75, 3.05) is 18.8 Å². The van der Waals surface area contributed by atoms with Crippen LogP contribution in [-0.4, -0.2) is 47.6 Å². The van der Waals surface area contributed by atoms with E-state index in [4.69, 9.17) is 5.73 Å². The van der Waals surface area contributed by atoms with Gasteiger partial charge in [-0.1, -0.05) is 42.5 Å². The maximum absolute atomic E-state index is 13.2. The molecule has 0 bridgehead atoms. The Kier molecular flexibility index (Phi) is 6.75. The highest BCUT2D eigenvalue weighted by atomic mass is 32.2. The summed E-state index contributed by atoms with van der Waals surface area (Å²) in [6.07, 6.45) is 0. The number of amides is 2. The number of nitrogens with zero attached hydrogens (tertiary/aromatic N) is 1. The van der Waals surface area contributed by atoms with Gasteiger partial charge in [-0.15, -0.1) is 11.8 Å². The molecule has 1 saturated heterocycles. The maximum atomic E-state index is 13.2. The maximum Gasteiger partial charge on any atom is 0.255 e. The van der Waals surface area contributed by atoms with E-state index in [9.17, 15) is 9.59 Å². The molecule has 0 radical (unpaired) electrons. The Morgan fingerprint density at radius 2 is 1.79 bits per heavy atom. The van der Waals surface area contributed by atoms with Gasteiger partial charge in [-0.2, -0.15) is 0 Å². The normalized spacial score (nSPS) is 19.1. The Hall–Kier alpha value is -2.31. The summed E-state index contributed by atoms with van der Waals surface area (Å²) in [5, 5.41) is 2.87. The van der Waals surface area contributed by atoms with E-state index in [2.05, 4.69) is 17.4 Å². The van der Waals surface area contributed by atoms with Crippen LogP contribution in [0, 0.1) is 0 Å². The molecule has 1 fully saturated rings. The van der Waals surface area contributed by atoms with E-state index in [-0.39, 0.29) is 35.6 Å². The van der Waals surface area contributed by atoms with Crippen molar-refractivity contribution in [3.8, 4) is 0 Å². The number of carbonyl (C=O) groups excluding carboxylic acids is 2. The number of nitrogens with one attached hydrogen (secondary N) is 1. The third-order valence-electron chi connectivity index (χ3n) is 4.81. The fourth-order valence-corrected chi connectivity index (χ4v) is 4.35. The molecule has 0 aliphatic carbocycles. The fourth-order valence-electron chi connectivity index (χ4n) is 3.49. The molecule has 0 spiro atoms. The summed E-state index contributed by atoms with van der Waals surface area (Å²) >= 11 is 1.39. The Labute approximate surface area is 170 Å². The Bertz CT molecular complexity index is 826. The van der Waals surface area contributed by atoms with Crippen molar-refractivity contribution in [3.63, 3.8) is 0 Å². The molecule has 1 heterocycles. The van der Waals surface area contributed by atoms with E-state index in [1.54, 1.807) is 0 Å². The molecule has 3 N–H and O–H groups in total. The standard InChI is InChI=1S/C22H27N3O2S/c1-15(2)24-21(26)14-28-20-11-7-6-10-17(20)22(27)25-12-18(19(23)13-25)16-8-4-3-5-9-16/h3-11,15,18-19H,12-14,23H2,1-2H3,(H,24,26)/t18-,19+/m0/s1. The van der Waals surface area contributed by atoms with E-state index < -0.39 is 0 Å². The SMILES string of the molecule is CC(C)NC(=O)CSc1ccccc1C(=O)N1C[C@@H](N)[C@H](c2ccccc2)C1. The molecule has 0 unspecified atom stereocenters. The number of likely N-dealkylation sites (tertiary alicyclic amines) is 1. The van der Waals surface area contributed by atoms with E-state index in [0.717, 1.165) is 4.90 Å². The van der Waals surface area contributed by atoms with Crippen molar-refractivity contribution in [2.45, 2.75) is 36.7 Å². The van der Waals surface area contributed by atoms with Gasteiger partial charge in [0.2, 0.25) is 5.91 Å². The number of thioether (sulfide) groups is 1. The highest BCUT2D eigenvalue weighted by Gasteiger charge is 2.34. The first-order valence-electron chi connectivity index (χ1n) is 9.56. The van der Waals surface area contributed by atoms with Crippen LogP contribution in [0.1, 0.15) is 35.7 Å². The van der Waals surface area contributed by atoms with Gasteiger partial charge in [-0.25, -0.2) is 0 Å². The molecular weight excluding hydrogens is 370 g/mol. The van der Waals surface area contributed by atoms with Crippen LogP contribution in [0.5, 0.6) is 0 Å². The molecule has 2 atom stereocenters.